The van der Waals surface area contributed by atoms with Crippen LogP contribution >= 0.6 is 18.8 Å². The van der Waals surface area contributed by atoms with Crippen molar-refractivity contribution in [3.05, 3.63) is 95.3 Å². The van der Waals surface area contributed by atoms with E-state index in [1.807, 2.05) is 50.1 Å². The Morgan fingerprint density at radius 1 is 0.974 bits per heavy atom. The zero-order chi connectivity index (χ0) is 54.4. The molecule has 2 aromatic carbocycles. The summed E-state index contributed by atoms with van der Waals surface area (Å²) in [6.45, 7) is 8.65. The molecule has 25 heteroatoms. The Morgan fingerprint density at radius 3 is 2.29 bits per heavy atom. The number of primary amides is 1. The van der Waals surface area contributed by atoms with Crippen LogP contribution in [0.3, 0.4) is 0 Å². The summed E-state index contributed by atoms with van der Waals surface area (Å²) in [6, 6.07) is 11.0. The van der Waals surface area contributed by atoms with Gasteiger partial charge in [-0.1, -0.05) is 61.6 Å². The van der Waals surface area contributed by atoms with Gasteiger partial charge in [0.1, 0.15) is 11.2 Å². The molecule has 22 nitrogen and oxygen atoms in total. The van der Waals surface area contributed by atoms with Crippen molar-refractivity contribution in [1.82, 2.24) is 29.8 Å². The number of aromatic nitrogens is 3. The van der Waals surface area contributed by atoms with Gasteiger partial charge in [-0.3, -0.25) is 29.2 Å². The second-order valence-corrected chi connectivity index (χ2v) is 24.0. The van der Waals surface area contributed by atoms with Gasteiger partial charge >= 0.3 is 53.2 Å². The molecule has 10 rings (SSSR count). The molecule has 1 aliphatic carbocycles. The smallest absolute Gasteiger partial charge is 0.693 e. The van der Waals surface area contributed by atoms with Gasteiger partial charge in [0.15, 0.2) is 11.8 Å². The summed E-state index contributed by atoms with van der Waals surface area (Å²) in [4.78, 5) is 70.2. The van der Waals surface area contributed by atoms with Gasteiger partial charge in [0.25, 0.3) is 5.91 Å². The van der Waals surface area contributed by atoms with Gasteiger partial charge in [-0.2, -0.15) is 0 Å². The van der Waals surface area contributed by atoms with Crippen molar-refractivity contribution in [1.29, 1.82) is 0 Å². The number of H-pyrrole nitrogens is 2. The van der Waals surface area contributed by atoms with Crippen LogP contribution in [0.1, 0.15) is 85.7 Å². The van der Waals surface area contributed by atoms with Crippen molar-refractivity contribution in [3.63, 3.8) is 0 Å². The first-order valence-electron chi connectivity index (χ1n) is 25.0. The van der Waals surface area contributed by atoms with E-state index in [0.717, 1.165) is 27.7 Å². The van der Waals surface area contributed by atoms with Gasteiger partial charge in [-0.25, -0.2) is 9.78 Å². The summed E-state index contributed by atoms with van der Waals surface area (Å²) >= 11 is -0.472. The number of aliphatic hydroxyl groups is 2. The summed E-state index contributed by atoms with van der Waals surface area (Å²) < 4.78 is 24.1. The van der Waals surface area contributed by atoms with Crippen molar-refractivity contribution in [2.24, 2.45) is 27.4 Å². The third-order valence-electron chi connectivity index (χ3n) is 16.8. The summed E-state index contributed by atoms with van der Waals surface area (Å²) in [6.07, 6.45) is 7.30. The topological polar surface area (TPSA) is 321 Å². The fourth-order valence-electron chi connectivity index (χ4n) is 14.3. The monoisotopic (exact) mass is 1290 g/mol. The Bertz CT molecular complexity index is 2890. The molecule has 5 aliphatic heterocycles. The third kappa shape index (κ3) is 9.83. The Balaban J connectivity index is 0.000000463. The average molecular weight is 1290 g/mol. The van der Waals surface area contributed by atoms with E-state index in [1.165, 1.54) is 32.5 Å². The number of imidazole rings is 1. The summed E-state index contributed by atoms with van der Waals surface area (Å²) in [7, 11) is 19.3. The van der Waals surface area contributed by atoms with Crippen molar-refractivity contribution < 1.29 is 64.8 Å². The van der Waals surface area contributed by atoms with Crippen molar-refractivity contribution in [3.8, 4) is 5.75 Å². The van der Waals surface area contributed by atoms with Gasteiger partial charge in [0.2, 0.25) is 11.4 Å². The molecule has 10 atom stereocenters. The Labute approximate surface area is 465 Å². The second-order valence-electron chi connectivity index (χ2n) is 20.7. The van der Waals surface area contributed by atoms with E-state index >= 15 is 4.79 Å². The summed E-state index contributed by atoms with van der Waals surface area (Å²) in [5.41, 5.74) is 3.51. The molecule has 1 amide bonds. The van der Waals surface area contributed by atoms with Crippen LogP contribution in [0.4, 0.5) is 11.5 Å². The maximum Gasteiger partial charge on any atom is -0.693 e. The molecule has 424 valence electrons. The quantitative estimate of drug-likeness (QED) is 0.0356. The van der Waals surface area contributed by atoms with Crippen molar-refractivity contribution in [2.75, 3.05) is 80.1 Å². The summed E-state index contributed by atoms with van der Waals surface area (Å²) in [5.74, 6) is -2.01. The van der Waals surface area contributed by atoms with Crippen LogP contribution in [0.5, 0.6) is 5.75 Å². The van der Waals surface area contributed by atoms with Crippen molar-refractivity contribution in [2.45, 2.75) is 99.5 Å². The van der Waals surface area contributed by atoms with Crippen LogP contribution in [0.25, 0.3) is 23.2 Å². The number of ether oxygens (including phenoxy) is 4. The van der Waals surface area contributed by atoms with E-state index in [-0.39, 0.29) is 35.8 Å². The third-order valence-corrected chi connectivity index (χ3v) is 16.8. The van der Waals surface area contributed by atoms with Crippen LogP contribution in [-0.4, -0.2) is 168 Å². The second kappa shape index (κ2) is 23.7. The molecular weight excluding hydrogens is 1220 g/mol. The number of rotatable bonds is 10. The number of nitrogens with two attached hydrogens (primary N) is 3. The fourth-order valence-corrected chi connectivity index (χ4v) is 14.3. The minimum atomic E-state index is -2.32. The predicted molar refractivity (Wildman–Crippen MR) is 288 cm³/mol. The Morgan fingerprint density at radius 2 is 1.66 bits per heavy atom. The number of methoxy groups -OCH3 is 3. The number of aromatic amines is 2. The number of carbonyl (C=O) groups excluding carboxylic acids is 4. The standard InChI is InChI=1S/C46H58N4O9.C6H10N6O.2ClH.2H2N.Pt/c1-8-42(54)23-28-24-45(40(52)57-6,36-30(17-21-49(25-28)26-42)29-13-10-11-14-33(29)47-36)32-16-15-31-34(35(32)56-5)48(4)38-44(31)19-22-50-20-12-18-43(9-2,37(44)50)39(59-27(3)51)46(38,55)41(53)58-7;1-12(2)11-10-6-4(5(7)13)8-3-9-6;;;;;/h10-16,18,28,37-39,47,54-55H,8-9,17,19-26H2,1-7H3;3H,1-2H3,(H2,7,13)(H,8,9);2*1H;2*1H2;/q;;;;2*-1;+4/p-2/b;11-10+;;;;;/t28-,37-,38+,39+,42-,43+,44+,45-,46-;;;;;;/m0....../s1. The normalized spacial score (nSPS) is 30.4. The molecule has 2 aromatic heterocycles. The largest absolute Gasteiger partial charge is 0.693 e. The number of benzene rings is 2. The Hall–Kier alpha value is -5.16. The average Bonchev–Trinajstić information content (AvgIpc) is 4.25. The van der Waals surface area contributed by atoms with Gasteiger partial charge < -0.3 is 62.1 Å². The SMILES string of the molecule is CC[C@]1(O)C[C@@H]2CN(CCc3c([nH]c4ccccc34)[C@@](C(=O)OC)(c3ccc4c(c3OC)N(C)[C@H]3[C@@](O)(C(=O)OC)[C@H](OC(C)=O)[C@]5(CC)C=CCN6CC[C@]43[C@@H]65)C2)C1.CN(C)/N=N/c1nc[nH]c1C(N)=O.[Cl][Pt+2][Cl].[NH2-].[NH2-]. The number of piperidine rings is 1. The van der Waals surface area contributed by atoms with E-state index < -0.39 is 79.9 Å². The number of likely N-dealkylation sites (N-methyl/N-ethyl adjacent to an activating group) is 1. The molecule has 1 saturated carbocycles. The van der Waals surface area contributed by atoms with E-state index in [1.54, 1.807) is 21.2 Å². The van der Waals surface area contributed by atoms with Gasteiger partial charge in [0, 0.05) is 93.3 Å². The molecule has 3 fully saturated rings. The zero-order valence-corrected chi connectivity index (χ0v) is 48.7. The first-order valence-corrected chi connectivity index (χ1v) is 30.6. The van der Waals surface area contributed by atoms with Crippen molar-refractivity contribution >= 4 is 65.1 Å². The van der Waals surface area contributed by atoms with E-state index in [4.69, 9.17) is 43.5 Å². The fraction of sp³-hybridized carbons (Fsp3) is 0.558. The molecule has 4 aromatic rings. The van der Waals surface area contributed by atoms with Crippen LogP contribution in [-0.2, 0) is 62.3 Å². The minimum Gasteiger partial charge on any atom is -0.693 e. The van der Waals surface area contributed by atoms with Gasteiger partial charge in [0.05, 0.1) is 45.0 Å². The molecule has 7 heterocycles. The molecule has 77 heavy (non-hydrogen) atoms. The molecule has 10 N–H and O–H groups in total. The number of carbonyl (C=O) groups is 4. The maximum absolute atomic E-state index is 15.2. The molecular formula is C52H72Cl2N12O10Pt. The number of hydrogen-bond acceptors (Lipinski definition) is 16. The molecule has 1 spiro atoms. The van der Waals surface area contributed by atoms with Crippen LogP contribution in [0.2, 0.25) is 0 Å². The van der Waals surface area contributed by atoms with Crippen LogP contribution in [0.15, 0.2) is 65.2 Å². The first-order chi connectivity index (χ1) is 35.8. The number of amides is 1. The van der Waals surface area contributed by atoms with E-state index in [0.29, 0.717) is 88.2 Å². The van der Waals surface area contributed by atoms with Gasteiger partial charge in [-0.15, -0.1) is 5.11 Å². The van der Waals surface area contributed by atoms with Crippen LogP contribution < -0.4 is 15.4 Å². The molecule has 2 saturated heterocycles. The van der Waals surface area contributed by atoms with Gasteiger partial charge in [-0.05, 0) is 68.2 Å². The summed E-state index contributed by atoms with van der Waals surface area (Å²) in [5, 5.41) is 35.2. The molecule has 2 bridgehead atoms. The van der Waals surface area contributed by atoms with E-state index in [2.05, 4.69) is 59.4 Å². The zero-order valence-electron chi connectivity index (χ0n) is 44.9. The molecule has 0 radical (unpaired) electrons. The number of esters is 3. The minimum absolute atomic E-state index is 0. The molecule has 6 aliphatic rings. The number of nitrogens with one attached hydrogen (secondary N) is 2. The maximum atomic E-state index is 15.2. The van der Waals surface area contributed by atoms with E-state index in [9.17, 15) is 24.6 Å². The first kappa shape index (κ1) is 61.1. The number of hydrogen-bond donors (Lipinski definition) is 5. The number of para-hydroxylation sites is 1. The number of halogens is 2. The Kier molecular flexibility index (Phi) is 18.8. The predicted octanol–water partition coefficient (Wildman–Crippen LogP) is 6.87. The number of nitrogens with zero attached hydrogens (tertiary/aromatic N) is 7. The number of fused-ring (bicyclic) bond motifs is 6. The van der Waals surface area contributed by atoms with Crippen LogP contribution in [0, 0.1) is 11.3 Å². The number of anilines is 1. The molecule has 1 unspecified atom stereocenters.